The number of aromatic nitrogens is 4. The molecule has 1 aliphatic carbocycles. The summed E-state index contributed by atoms with van der Waals surface area (Å²) in [4.78, 5) is 18.1. The van der Waals surface area contributed by atoms with Crippen LogP contribution >= 0.6 is 11.3 Å². The smallest absolute Gasteiger partial charge is 0.168 e. The molecule has 0 radical (unpaired) electrons. The Balaban J connectivity index is 1.99. The summed E-state index contributed by atoms with van der Waals surface area (Å²) in [5.41, 5.74) is 2.01. The number of hydrogen-bond acceptors (Lipinski definition) is 6. The predicted molar refractivity (Wildman–Crippen MR) is 101 cm³/mol. The largest absolute Gasteiger partial charge is 0.369 e. The van der Waals surface area contributed by atoms with Gasteiger partial charge in [-0.1, -0.05) is 0 Å². The number of fused-ring (bicyclic) bond motifs is 3. The lowest BCUT2D eigenvalue weighted by Gasteiger charge is -2.09. The van der Waals surface area contributed by atoms with Crippen LogP contribution in [0.4, 0.5) is 5.82 Å². The van der Waals surface area contributed by atoms with Crippen LogP contribution in [-0.2, 0) is 12.8 Å². The number of nitrogens with zero attached hydrogens (tertiary/aromatic N) is 6. The molecule has 0 aromatic carbocycles. The first-order valence-electron chi connectivity index (χ1n) is 8.17. The maximum atomic E-state index is 7.65. The molecule has 0 fully saturated rings. The minimum atomic E-state index is 0.612. The van der Waals surface area contributed by atoms with E-state index in [2.05, 4.69) is 15.1 Å². The molecule has 0 atom stereocenters. The van der Waals surface area contributed by atoms with E-state index in [1.165, 1.54) is 23.1 Å². The molecule has 8 heteroatoms. The summed E-state index contributed by atoms with van der Waals surface area (Å²) in [5.74, 6) is 2.10. The Hall–Kier alpha value is -2.61. The summed E-state index contributed by atoms with van der Waals surface area (Å²) in [6.07, 6.45) is 8.00. The fourth-order valence-corrected chi connectivity index (χ4v) is 4.45. The molecule has 0 unspecified atom stereocenters. The third-order valence-corrected chi connectivity index (χ3v) is 5.38. The van der Waals surface area contributed by atoms with E-state index in [1.54, 1.807) is 28.6 Å². The van der Waals surface area contributed by atoms with E-state index in [-0.39, 0.29) is 0 Å². The zero-order chi connectivity index (χ0) is 17.6. The number of nitrogens with one attached hydrogen (secondary N) is 1. The van der Waals surface area contributed by atoms with Gasteiger partial charge in [-0.25, -0.2) is 15.0 Å². The molecule has 0 saturated heterocycles. The monoisotopic (exact) mass is 353 g/mol. The van der Waals surface area contributed by atoms with Gasteiger partial charge in [-0.15, -0.1) is 11.3 Å². The van der Waals surface area contributed by atoms with Gasteiger partial charge in [-0.05, 0) is 31.7 Å². The second-order valence-corrected chi connectivity index (χ2v) is 7.40. The molecule has 3 aromatic heterocycles. The average molecular weight is 353 g/mol. The average Bonchev–Trinajstić information content (AvgIpc) is 3.24. The summed E-state index contributed by atoms with van der Waals surface area (Å²) in [7, 11) is 3.82. The van der Waals surface area contributed by atoms with Crippen molar-refractivity contribution in [3.05, 3.63) is 28.0 Å². The molecule has 0 saturated carbocycles. The van der Waals surface area contributed by atoms with Crippen LogP contribution in [-0.4, -0.2) is 51.3 Å². The van der Waals surface area contributed by atoms with Crippen LogP contribution in [0.5, 0.6) is 0 Å². The Labute approximate surface area is 149 Å². The Morgan fingerprint density at radius 1 is 1.32 bits per heavy atom. The number of aliphatic imine (C=N–C) groups is 1. The molecule has 3 aromatic rings. The third-order valence-electron chi connectivity index (χ3n) is 4.20. The third kappa shape index (κ3) is 2.62. The first-order valence-corrected chi connectivity index (χ1v) is 8.98. The predicted octanol–water partition coefficient (Wildman–Crippen LogP) is 2.89. The van der Waals surface area contributed by atoms with Crippen LogP contribution in [0, 0.1) is 12.3 Å². The van der Waals surface area contributed by atoms with Crippen LogP contribution < -0.4 is 0 Å². The molecule has 0 spiro atoms. The Morgan fingerprint density at radius 2 is 2.16 bits per heavy atom. The highest BCUT2D eigenvalue weighted by Crippen LogP contribution is 2.39. The second kappa shape index (κ2) is 6.03. The fourth-order valence-electron chi connectivity index (χ4n) is 3.14. The van der Waals surface area contributed by atoms with Crippen molar-refractivity contribution in [1.29, 1.82) is 5.41 Å². The van der Waals surface area contributed by atoms with Crippen LogP contribution in [0.1, 0.15) is 28.2 Å². The summed E-state index contributed by atoms with van der Waals surface area (Å²) in [5, 5.41) is 13.2. The van der Waals surface area contributed by atoms with E-state index in [0.29, 0.717) is 11.4 Å². The summed E-state index contributed by atoms with van der Waals surface area (Å²) >= 11 is 1.76. The minimum absolute atomic E-state index is 0.612. The molecule has 128 valence electrons. The van der Waals surface area contributed by atoms with Crippen LogP contribution in [0.2, 0.25) is 0 Å². The molecule has 3 heterocycles. The molecule has 0 bridgehead atoms. The molecule has 4 rings (SSSR count). The zero-order valence-electron chi connectivity index (χ0n) is 14.4. The van der Waals surface area contributed by atoms with Gasteiger partial charge >= 0.3 is 0 Å². The second-order valence-electron chi connectivity index (χ2n) is 6.32. The van der Waals surface area contributed by atoms with Crippen LogP contribution in [0.25, 0.3) is 16.0 Å². The highest BCUT2D eigenvalue weighted by atomic mass is 32.1. The lowest BCUT2D eigenvalue weighted by molar-refractivity contribution is 0.642. The molecule has 0 amide bonds. The maximum Gasteiger partial charge on any atom is 0.168 e. The molecular weight excluding hydrogens is 334 g/mol. The lowest BCUT2D eigenvalue weighted by Crippen LogP contribution is -2.08. The highest BCUT2D eigenvalue weighted by molar-refractivity contribution is 7.19. The quantitative estimate of drug-likeness (QED) is 0.577. The van der Waals surface area contributed by atoms with Gasteiger partial charge < -0.3 is 10.3 Å². The first kappa shape index (κ1) is 15.9. The van der Waals surface area contributed by atoms with E-state index < -0.39 is 0 Å². The van der Waals surface area contributed by atoms with Gasteiger partial charge in [0.15, 0.2) is 11.6 Å². The highest BCUT2D eigenvalue weighted by Gasteiger charge is 2.24. The Bertz CT molecular complexity index is 996. The van der Waals surface area contributed by atoms with Gasteiger partial charge in [0.05, 0.1) is 23.5 Å². The maximum absolute atomic E-state index is 7.65. The molecular formula is C17H19N7S. The minimum Gasteiger partial charge on any atom is -0.369 e. The number of hydrogen-bond donors (Lipinski definition) is 1. The zero-order valence-corrected chi connectivity index (χ0v) is 15.3. The fraction of sp³-hybridized carbons (Fsp3) is 0.353. The van der Waals surface area contributed by atoms with E-state index in [0.717, 1.165) is 34.7 Å². The van der Waals surface area contributed by atoms with Crippen molar-refractivity contribution < 1.29 is 0 Å². The van der Waals surface area contributed by atoms with Crippen LogP contribution in [0.3, 0.4) is 0 Å². The van der Waals surface area contributed by atoms with Crippen molar-refractivity contribution in [2.75, 3.05) is 14.1 Å². The first-order chi connectivity index (χ1) is 12.1. The molecule has 25 heavy (non-hydrogen) atoms. The summed E-state index contributed by atoms with van der Waals surface area (Å²) in [6.45, 7) is 1.90. The van der Waals surface area contributed by atoms with Crippen LogP contribution in [0.15, 0.2) is 11.2 Å². The van der Waals surface area contributed by atoms with E-state index in [1.807, 2.05) is 25.9 Å². The lowest BCUT2D eigenvalue weighted by atomic mass is 10.2. The standard InChI is InChI=1S/C17H19N7S/c1-10-21-16(14-12-5-4-6-13(12)25-17(14)22-10)24-15(19-9-23(2)3)11(7-18)8-20-24/h7-9,18H,4-6H2,1-3H3/b18-7?,19-9+. The van der Waals surface area contributed by atoms with Crippen molar-refractivity contribution in [3.8, 4) is 5.82 Å². The van der Waals surface area contributed by atoms with Gasteiger partial charge in [0, 0.05) is 25.2 Å². The summed E-state index contributed by atoms with van der Waals surface area (Å²) in [6, 6.07) is 0. The van der Waals surface area contributed by atoms with Crippen molar-refractivity contribution in [3.63, 3.8) is 0 Å². The Morgan fingerprint density at radius 3 is 2.92 bits per heavy atom. The van der Waals surface area contributed by atoms with E-state index in [4.69, 9.17) is 10.4 Å². The summed E-state index contributed by atoms with van der Waals surface area (Å²) < 4.78 is 1.74. The van der Waals surface area contributed by atoms with Crippen molar-refractivity contribution in [2.45, 2.75) is 26.2 Å². The van der Waals surface area contributed by atoms with Crippen molar-refractivity contribution >= 4 is 39.9 Å². The molecule has 1 N–H and O–H groups in total. The van der Waals surface area contributed by atoms with E-state index >= 15 is 0 Å². The Kier molecular flexibility index (Phi) is 3.84. The topological polar surface area (TPSA) is 83.0 Å². The number of thiophene rings is 1. The normalized spacial score (nSPS) is 13.7. The number of aryl methyl sites for hydroxylation is 3. The van der Waals surface area contributed by atoms with Gasteiger partial charge in [0.1, 0.15) is 10.7 Å². The SMILES string of the molecule is Cc1nc(-n2ncc(C=N)c2/N=C/N(C)C)c2c3c(sc2n1)CCC3. The van der Waals surface area contributed by atoms with Gasteiger partial charge in [-0.2, -0.15) is 9.78 Å². The van der Waals surface area contributed by atoms with Gasteiger partial charge in [0.25, 0.3) is 0 Å². The molecule has 7 nitrogen and oxygen atoms in total. The van der Waals surface area contributed by atoms with Crippen molar-refractivity contribution in [2.24, 2.45) is 4.99 Å². The van der Waals surface area contributed by atoms with Gasteiger partial charge in [-0.3, -0.25) is 0 Å². The molecule has 0 aliphatic heterocycles. The van der Waals surface area contributed by atoms with Gasteiger partial charge in [0.2, 0.25) is 0 Å². The van der Waals surface area contributed by atoms with E-state index in [9.17, 15) is 0 Å². The number of rotatable bonds is 4. The molecule has 1 aliphatic rings. The van der Waals surface area contributed by atoms with Crippen molar-refractivity contribution in [1.82, 2.24) is 24.6 Å².